The van der Waals surface area contributed by atoms with Crippen LogP contribution in [0.1, 0.15) is 56.6 Å². The van der Waals surface area contributed by atoms with Gasteiger partial charge in [-0.15, -0.1) is 0 Å². The fraction of sp³-hybridized carbons (Fsp3) is 0.440. The van der Waals surface area contributed by atoms with Crippen LogP contribution in [0.4, 0.5) is 4.79 Å². The molecule has 1 fully saturated rings. The van der Waals surface area contributed by atoms with Crippen LogP contribution in [-0.4, -0.2) is 41.4 Å². The number of hydrogen-bond donors (Lipinski definition) is 3. The van der Waals surface area contributed by atoms with Crippen LogP contribution in [0, 0.1) is 0 Å². The van der Waals surface area contributed by atoms with Gasteiger partial charge in [-0.1, -0.05) is 48.5 Å². The number of fused-ring (bicyclic) bond motifs is 3. The number of carbonyl (C=O) groups excluding carboxylic acids is 2. The van der Waals surface area contributed by atoms with Crippen LogP contribution in [0.15, 0.2) is 48.5 Å². The number of alkyl carbamates (subject to hydrolysis) is 1. The highest BCUT2D eigenvalue weighted by atomic mass is 16.5. The van der Waals surface area contributed by atoms with Gasteiger partial charge >= 0.3 is 6.09 Å². The summed E-state index contributed by atoms with van der Waals surface area (Å²) in [5, 5.41) is 15.3. The van der Waals surface area contributed by atoms with Crippen molar-refractivity contribution >= 4 is 12.0 Å². The fourth-order valence-corrected chi connectivity index (χ4v) is 4.53. The Morgan fingerprint density at radius 3 is 2.10 bits per heavy atom. The van der Waals surface area contributed by atoms with Crippen molar-refractivity contribution in [2.45, 2.75) is 63.1 Å². The van der Waals surface area contributed by atoms with Crippen molar-refractivity contribution in [3.05, 3.63) is 59.7 Å². The standard InChI is InChI=1S/C25H30N2O4/c1-25(2,23(29)26-16-11-13-17(28)14-12-16)27-24(30)31-15-22-20-9-5-3-7-18(20)19-8-4-6-10-21(19)22/h3-10,16-17,22,28H,11-15H2,1-2H3,(H,26,29)(H,27,30). The summed E-state index contributed by atoms with van der Waals surface area (Å²) in [6.45, 7) is 3.54. The molecule has 0 radical (unpaired) electrons. The van der Waals surface area contributed by atoms with E-state index in [9.17, 15) is 14.7 Å². The Balaban J connectivity index is 1.35. The maximum atomic E-state index is 12.7. The predicted octanol–water partition coefficient (Wildman–Crippen LogP) is 3.72. The minimum absolute atomic E-state index is 0.0243. The number of amides is 2. The highest BCUT2D eigenvalue weighted by Crippen LogP contribution is 2.44. The van der Waals surface area contributed by atoms with Gasteiger partial charge in [-0.3, -0.25) is 4.79 Å². The number of aliphatic hydroxyl groups is 1. The van der Waals surface area contributed by atoms with Crippen molar-refractivity contribution in [2.75, 3.05) is 6.61 Å². The molecule has 2 aliphatic carbocycles. The average molecular weight is 423 g/mol. The Morgan fingerprint density at radius 2 is 1.52 bits per heavy atom. The summed E-state index contributed by atoms with van der Waals surface area (Å²) in [4.78, 5) is 25.2. The van der Waals surface area contributed by atoms with Gasteiger partial charge in [0.1, 0.15) is 12.1 Å². The first-order valence-electron chi connectivity index (χ1n) is 11.0. The molecule has 31 heavy (non-hydrogen) atoms. The SMILES string of the molecule is CC(C)(NC(=O)OCC1c2ccccc2-c2ccccc21)C(=O)NC1CCC(O)CC1. The third kappa shape index (κ3) is 4.59. The molecule has 6 nitrogen and oxygen atoms in total. The molecule has 0 unspecified atom stereocenters. The molecule has 2 aliphatic rings. The van der Waals surface area contributed by atoms with Crippen molar-refractivity contribution in [1.29, 1.82) is 0 Å². The maximum Gasteiger partial charge on any atom is 0.408 e. The average Bonchev–Trinajstić information content (AvgIpc) is 3.07. The third-order valence-electron chi connectivity index (χ3n) is 6.36. The number of ether oxygens (including phenoxy) is 1. The molecule has 3 N–H and O–H groups in total. The fourth-order valence-electron chi connectivity index (χ4n) is 4.53. The lowest BCUT2D eigenvalue weighted by Crippen LogP contribution is -2.57. The van der Waals surface area contributed by atoms with Crippen LogP contribution in [0.5, 0.6) is 0 Å². The van der Waals surface area contributed by atoms with E-state index in [1.54, 1.807) is 13.8 Å². The number of aliphatic hydroxyl groups excluding tert-OH is 1. The second kappa shape index (κ2) is 8.71. The lowest BCUT2D eigenvalue weighted by atomic mass is 9.92. The van der Waals surface area contributed by atoms with E-state index in [0.29, 0.717) is 12.8 Å². The topological polar surface area (TPSA) is 87.7 Å². The summed E-state index contributed by atoms with van der Waals surface area (Å²) in [7, 11) is 0. The van der Waals surface area contributed by atoms with E-state index in [2.05, 4.69) is 34.9 Å². The molecular formula is C25H30N2O4. The van der Waals surface area contributed by atoms with Crippen molar-refractivity contribution < 1.29 is 19.4 Å². The second-order valence-corrected chi connectivity index (χ2v) is 9.05. The van der Waals surface area contributed by atoms with Crippen molar-refractivity contribution in [1.82, 2.24) is 10.6 Å². The number of hydrogen-bond acceptors (Lipinski definition) is 4. The van der Waals surface area contributed by atoms with Crippen LogP contribution in [-0.2, 0) is 9.53 Å². The van der Waals surface area contributed by atoms with Crippen LogP contribution in [0.25, 0.3) is 11.1 Å². The molecule has 2 amide bonds. The van der Waals surface area contributed by atoms with E-state index < -0.39 is 11.6 Å². The van der Waals surface area contributed by atoms with Gasteiger partial charge in [0.05, 0.1) is 6.10 Å². The van der Waals surface area contributed by atoms with Crippen LogP contribution >= 0.6 is 0 Å². The quantitative estimate of drug-likeness (QED) is 0.685. The first-order chi connectivity index (χ1) is 14.8. The molecule has 164 valence electrons. The number of rotatable bonds is 5. The minimum Gasteiger partial charge on any atom is -0.449 e. The van der Waals surface area contributed by atoms with Gasteiger partial charge in [-0.05, 0) is 61.8 Å². The molecule has 0 saturated heterocycles. The lowest BCUT2D eigenvalue weighted by molar-refractivity contribution is -0.127. The second-order valence-electron chi connectivity index (χ2n) is 9.05. The normalized spacial score (nSPS) is 20.5. The van der Waals surface area contributed by atoms with E-state index in [-0.39, 0.29) is 30.6 Å². The zero-order chi connectivity index (χ0) is 22.0. The molecule has 0 bridgehead atoms. The van der Waals surface area contributed by atoms with E-state index in [0.717, 1.165) is 24.0 Å². The summed E-state index contributed by atoms with van der Waals surface area (Å²) in [5.41, 5.74) is 3.54. The molecular weight excluding hydrogens is 392 g/mol. The van der Waals surface area contributed by atoms with Crippen molar-refractivity contribution in [3.8, 4) is 11.1 Å². The molecule has 4 rings (SSSR count). The van der Waals surface area contributed by atoms with E-state index in [4.69, 9.17) is 4.74 Å². The van der Waals surface area contributed by atoms with Crippen LogP contribution < -0.4 is 10.6 Å². The highest BCUT2D eigenvalue weighted by Gasteiger charge is 2.34. The van der Waals surface area contributed by atoms with Gasteiger partial charge in [0, 0.05) is 12.0 Å². The number of benzene rings is 2. The summed E-state index contributed by atoms with van der Waals surface area (Å²) < 4.78 is 5.57. The Hall–Kier alpha value is -2.86. The van der Waals surface area contributed by atoms with E-state index in [1.165, 1.54) is 11.1 Å². The first-order valence-corrected chi connectivity index (χ1v) is 11.0. The predicted molar refractivity (Wildman–Crippen MR) is 119 cm³/mol. The molecule has 0 heterocycles. The minimum atomic E-state index is -1.10. The van der Waals surface area contributed by atoms with Gasteiger partial charge < -0.3 is 20.5 Å². The van der Waals surface area contributed by atoms with Gasteiger partial charge in [0.2, 0.25) is 5.91 Å². The van der Waals surface area contributed by atoms with Crippen molar-refractivity contribution in [3.63, 3.8) is 0 Å². The molecule has 6 heteroatoms. The molecule has 0 atom stereocenters. The Bertz CT molecular complexity index is 918. The maximum absolute atomic E-state index is 12.7. The van der Waals surface area contributed by atoms with Crippen LogP contribution in [0.2, 0.25) is 0 Å². The molecule has 0 spiro atoms. The lowest BCUT2D eigenvalue weighted by Gasteiger charge is -2.31. The van der Waals surface area contributed by atoms with E-state index in [1.807, 2.05) is 24.3 Å². The highest BCUT2D eigenvalue weighted by molar-refractivity contribution is 5.89. The molecule has 2 aromatic rings. The van der Waals surface area contributed by atoms with Gasteiger partial charge in [-0.2, -0.15) is 0 Å². The smallest absolute Gasteiger partial charge is 0.408 e. The number of nitrogens with one attached hydrogen (secondary N) is 2. The number of carbonyl (C=O) groups is 2. The monoisotopic (exact) mass is 422 g/mol. The van der Waals surface area contributed by atoms with Crippen LogP contribution in [0.3, 0.4) is 0 Å². The third-order valence-corrected chi connectivity index (χ3v) is 6.36. The Kier molecular flexibility index (Phi) is 6.01. The van der Waals surface area contributed by atoms with E-state index >= 15 is 0 Å². The molecule has 2 aromatic carbocycles. The first kappa shape index (κ1) is 21.4. The zero-order valence-electron chi connectivity index (χ0n) is 18.1. The van der Waals surface area contributed by atoms with Gasteiger partial charge in [-0.25, -0.2) is 4.79 Å². The van der Waals surface area contributed by atoms with Gasteiger partial charge in [0.25, 0.3) is 0 Å². The zero-order valence-corrected chi connectivity index (χ0v) is 18.1. The molecule has 0 aromatic heterocycles. The largest absolute Gasteiger partial charge is 0.449 e. The Labute approximate surface area is 183 Å². The molecule has 0 aliphatic heterocycles. The summed E-state index contributed by atoms with van der Waals surface area (Å²) in [5.74, 6) is -0.272. The summed E-state index contributed by atoms with van der Waals surface area (Å²) >= 11 is 0. The molecule has 1 saturated carbocycles. The summed E-state index contributed by atoms with van der Waals surface area (Å²) in [6, 6.07) is 16.4. The Morgan fingerprint density at radius 1 is 0.968 bits per heavy atom. The van der Waals surface area contributed by atoms with Crippen molar-refractivity contribution in [2.24, 2.45) is 0 Å². The van der Waals surface area contributed by atoms with Gasteiger partial charge in [0.15, 0.2) is 0 Å². The summed E-state index contributed by atoms with van der Waals surface area (Å²) in [6.07, 6.45) is 1.97.